The summed E-state index contributed by atoms with van der Waals surface area (Å²) in [4.78, 5) is 11.3. The average molecular weight is 223 g/mol. The summed E-state index contributed by atoms with van der Waals surface area (Å²) in [5, 5.41) is 0. The molecule has 0 spiro atoms. The Morgan fingerprint density at radius 3 is 2.19 bits per heavy atom. The van der Waals surface area contributed by atoms with Gasteiger partial charge in [-0.25, -0.2) is 0 Å². The van der Waals surface area contributed by atoms with Crippen molar-refractivity contribution in [3.05, 3.63) is 23.3 Å². The van der Waals surface area contributed by atoms with E-state index in [1.807, 2.05) is 13.0 Å². The molecule has 0 saturated heterocycles. The molecule has 0 amide bonds. The Kier molecular flexibility index (Phi) is 3.90. The van der Waals surface area contributed by atoms with Crippen molar-refractivity contribution in [3.63, 3.8) is 0 Å². The lowest BCUT2D eigenvalue weighted by Crippen LogP contribution is -2.19. The van der Waals surface area contributed by atoms with E-state index in [1.165, 1.54) is 6.92 Å². The van der Waals surface area contributed by atoms with Crippen molar-refractivity contribution in [3.8, 4) is 11.5 Å². The van der Waals surface area contributed by atoms with Crippen molar-refractivity contribution >= 4 is 5.78 Å². The lowest BCUT2D eigenvalue weighted by atomic mass is 9.98. The van der Waals surface area contributed by atoms with Gasteiger partial charge in [-0.05, 0) is 37.1 Å². The van der Waals surface area contributed by atoms with Crippen LogP contribution in [0.5, 0.6) is 11.5 Å². The summed E-state index contributed by atoms with van der Waals surface area (Å²) in [5.74, 6) is 1.15. The van der Waals surface area contributed by atoms with E-state index >= 15 is 0 Å². The van der Waals surface area contributed by atoms with E-state index in [0.29, 0.717) is 11.5 Å². The molecule has 0 aliphatic rings. The van der Waals surface area contributed by atoms with Gasteiger partial charge in [-0.15, -0.1) is 0 Å². The van der Waals surface area contributed by atoms with Gasteiger partial charge in [0.25, 0.3) is 0 Å². The van der Waals surface area contributed by atoms with Crippen LogP contribution in [0.1, 0.15) is 24.1 Å². The minimum Gasteiger partial charge on any atom is -0.493 e. The molecule has 2 N–H and O–H groups in total. The van der Waals surface area contributed by atoms with Gasteiger partial charge in [0.15, 0.2) is 17.3 Å². The fraction of sp³-hybridized carbons (Fsp3) is 0.417. The van der Waals surface area contributed by atoms with Gasteiger partial charge in [0.1, 0.15) is 0 Å². The Hall–Kier alpha value is -1.55. The maximum absolute atomic E-state index is 11.3. The molecule has 0 radical (unpaired) electrons. The van der Waals surface area contributed by atoms with E-state index in [9.17, 15) is 4.79 Å². The molecular weight excluding hydrogens is 206 g/mol. The molecule has 16 heavy (non-hydrogen) atoms. The molecule has 4 nitrogen and oxygen atoms in total. The standard InChI is InChI=1S/C12H17NO3/c1-7-5-10(15-3)11(16-4)6-9(7)12(13)8(2)14/h5-6,12H,13H2,1-4H3. The van der Waals surface area contributed by atoms with Crippen molar-refractivity contribution in [1.29, 1.82) is 0 Å². The van der Waals surface area contributed by atoms with Gasteiger partial charge in [0, 0.05) is 0 Å². The average Bonchev–Trinajstić information content (AvgIpc) is 2.27. The Morgan fingerprint density at radius 2 is 1.75 bits per heavy atom. The number of methoxy groups -OCH3 is 2. The van der Waals surface area contributed by atoms with E-state index < -0.39 is 6.04 Å². The second-order valence-electron chi connectivity index (χ2n) is 3.65. The maximum Gasteiger partial charge on any atom is 0.161 e. The number of rotatable bonds is 4. The number of ketones is 1. The van der Waals surface area contributed by atoms with E-state index in [-0.39, 0.29) is 5.78 Å². The van der Waals surface area contributed by atoms with Gasteiger partial charge in [-0.1, -0.05) is 0 Å². The molecule has 0 heterocycles. The van der Waals surface area contributed by atoms with Crippen molar-refractivity contribution in [2.45, 2.75) is 19.9 Å². The van der Waals surface area contributed by atoms with Gasteiger partial charge in [-0.2, -0.15) is 0 Å². The summed E-state index contributed by atoms with van der Waals surface area (Å²) in [6.07, 6.45) is 0. The minimum absolute atomic E-state index is 0.0738. The summed E-state index contributed by atoms with van der Waals surface area (Å²) in [5.41, 5.74) is 7.49. The number of carbonyl (C=O) groups excluding carboxylic acids is 1. The Morgan fingerprint density at radius 1 is 1.25 bits per heavy atom. The topological polar surface area (TPSA) is 61.5 Å². The number of Topliss-reactive ketones (excluding diaryl/α,β-unsaturated/α-hetero) is 1. The molecule has 1 unspecified atom stereocenters. The van der Waals surface area contributed by atoms with Gasteiger partial charge < -0.3 is 15.2 Å². The molecule has 1 atom stereocenters. The number of aryl methyl sites for hydroxylation is 1. The monoisotopic (exact) mass is 223 g/mol. The Balaban J connectivity index is 3.26. The molecule has 0 aromatic heterocycles. The van der Waals surface area contributed by atoms with E-state index in [4.69, 9.17) is 15.2 Å². The number of nitrogens with two attached hydrogens (primary N) is 1. The summed E-state index contributed by atoms with van der Waals surface area (Å²) in [7, 11) is 3.12. The second kappa shape index (κ2) is 4.99. The lowest BCUT2D eigenvalue weighted by molar-refractivity contribution is -0.118. The molecule has 0 aliphatic heterocycles. The molecule has 1 aromatic rings. The van der Waals surface area contributed by atoms with Crippen LogP contribution >= 0.6 is 0 Å². The summed E-state index contributed by atoms with van der Waals surface area (Å²) < 4.78 is 10.3. The van der Waals surface area contributed by atoms with Crippen LogP contribution in [0, 0.1) is 6.92 Å². The Bertz CT molecular complexity index is 401. The van der Waals surface area contributed by atoms with Crippen LogP contribution in [0.15, 0.2) is 12.1 Å². The van der Waals surface area contributed by atoms with Crippen LogP contribution in [0.4, 0.5) is 0 Å². The first-order chi connectivity index (χ1) is 7.51. The van der Waals surface area contributed by atoms with E-state index in [1.54, 1.807) is 20.3 Å². The van der Waals surface area contributed by atoms with Crippen LogP contribution in [0.2, 0.25) is 0 Å². The third-order valence-electron chi connectivity index (χ3n) is 2.55. The summed E-state index contributed by atoms with van der Waals surface area (Å²) >= 11 is 0. The predicted octanol–water partition coefficient (Wildman–Crippen LogP) is 1.60. The van der Waals surface area contributed by atoms with Gasteiger partial charge in [-0.3, -0.25) is 4.79 Å². The second-order valence-corrected chi connectivity index (χ2v) is 3.65. The molecule has 88 valence electrons. The first-order valence-corrected chi connectivity index (χ1v) is 4.99. The van der Waals surface area contributed by atoms with Gasteiger partial charge >= 0.3 is 0 Å². The Labute approximate surface area is 95.3 Å². The molecule has 0 bridgehead atoms. The molecule has 1 rings (SSSR count). The highest BCUT2D eigenvalue weighted by Crippen LogP contribution is 2.32. The molecule has 4 heteroatoms. The zero-order valence-electron chi connectivity index (χ0n) is 10.0. The summed E-state index contributed by atoms with van der Waals surface area (Å²) in [6, 6.07) is 2.96. The van der Waals surface area contributed by atoms with Crippen LogP contribution in [0.3, 0.4) is 0 Å². The summed E-state index contributed by atoms with van der Waals surface area (Å²) in [6.45, 7) is 3.36. The first-order valence-electron chi connectivity index (χ1n) is 4.99. The highest BCUT2D eigenvalue weighted by molar-refractivity contribution is 5.83. The SMILES string of the molecule is COc1cc(C)c(C(N)C(C)=O)cc1OC. The normalized spacial score (nSPS) is 12.1. The lowest BCUT2D eigenvalue weighted by Gasteiger charge is -2.15. The largest absolute Gasteiger partial charge is 0.493 e. The van der Waals surface area contributed by atoms with Crippen molar-refractivity contribution in [2.24, 2.45) is 5.73 Å². The number of carbonyl (C=O) groups is 1. The zero-order valence-corrected chi connectivity index (χ0v) is 10.0. The van der Waals surface area contributed by atoms with Crippen molar-refractivity contribution in [1.82, 2.24) is 0 Å². The smallest absolute Gasteiger partial charge is 0.161 e. The third-order valence-corrected chi connectivity index (χ3v) is 2.55. The van der Waals surface area contributed by atoms with Crippen LogP contribution in [-0.2, 0) is 4.79 Å². The zero-order chi connectivity index (χ0) is 12.3. The molecule has 0 saturated carbocycles. The van der Waals surface area contributed by atoms with Crippen molar-refractivity contribution < 1.29 is 14.3 Å². The molecular formula is C12H17NO3. The highest BCUT2D eigenvalue weighted by atomic mass is 16.5. The maximum atomic E-state index is 11.3. The first kappa shape index (κ1) is 12.5. The number of hydrogen-bond donors (Lipinski definition) is 1. The quantitative estimate of drug-likeness (QED) is 0.842. The third kappa shape index (κ3) is 2.33. The van der Waals surface area contributed by atoms with Crippen molar-refractivity contribution in [2.75, 3.05) is 14.2 Å². The van der Waals surface area contributed by atoms with E-state index in [2.05, 4.69) is 0 Å². The minimum atomic E-state index is -0.611. The van der Waals surface area contributed by atoms with Crippen LogP contribution in [0.25, 0.3) is 0 Å². The number of ether oxygens (including phenoxy) is 2. The predicted molar refractivity (Wildman–Crippen MR) is 61.9 cm³/mol. The fourth-order valence-corrected chi connectivity index (χ4v) is 1.55. The molecule has 1 aromatic carbocycles. The van der Waals surface area contributed by atoms with Gasteiger partial charge in [0.05, 0.1) is 20.3 Å². The van der Waals surface area contributed by atoms with Crippen LogP contribution in [-0.4, -0.2) is 20.0 Å². The molecule has 0 fully saturated rings. The highest BCUT2D eigenvalue weighted by Gasteiger charge is 2.17. The molecule has 0 aliphatic carbocycles. The van der Waals surface area contributed by atoms with Crippen LogP contribution < -0.4 is 15.2 Å². The van der Waals surface area contributed by atoms with Gasteiger partial charge in [0.2, 0.25) is 0 Å². The fourth-order valence-electron chi connectivity index (χ4n) is 1.55. The number of hydrogen-bond acceptors (Lipinski definition) is 4. The number of benzene rings is 1. The van der Waals surface area contributed by atoms with E-state index in [0.717, 1.165) is 11.1 Å².